The van der Waals surface area contributed by atoms with Gasteiger partial charge >= 0.3 is 0 Å². The second-order valence-corrected chi connectivity index (χ2v) is 2.94. The molecule has 64 valence electrons. The highest BCUT2D eigenvalue weighted by molar-refractivity contribution is 5.80. The van der Waals surface area contributed by atoms with Crippen LogP contribution in [0.15, 0.2) is 16.8 Å². The summed E-state index contributed by atoms with van der Waals surface area (Å²) in [4.78, 5) is 4.41. The monoisotopic (exact) mass is 153 g/mol. The summed E-state index contributed by atoms with van der Waals surface area (Å²) < 4.78 is 0. The lowest BCUT2D eigenvalue weighted by Gasteiger charge is -1.99. The van der Waals surface area contributed by atoms with E-state index in [2.05, 4.69) is 24.9 Å². The summed E-state index contributed by atoms with van der Waals surface area (Å²) in [5.74, 6) is 0. The minimum Gasteiger partial charge on any atom is -0.263 e. The molecule has 0 amide bonds. The average molecular weight is 153 g/mol. The normalized spacial score (nSPS) is 11.5. The Bertz CT molecular complexity index is 150. The number of nitrogens with zero attached hydrogens (tertiary/aromatic N) is 1. The van der Waals surface area contributed by atoms with Gasteiger partial charge in [-0.15, -0.1) is 0 Å². The maximum absolute atomic E-state index is 4.41. The lowest BCUT2D eigenvalue weighted by Crippen LogP contribution is -1.85. The van der Waals surface area contributed by atoms with E-state index in [1.165, 1.54) is 18.5 Å². The van der Waals surface area contributed by atoms with Gasteiger partial charge in [-0.1, -0.05) is 19.4 Å². The third-order valence-corrected chi connectivity index (χ3v) is 1.49. The van der Waals surface area contributed by atoms with Gasteiger partial charge in [0.05, 0.1) is 0 Å². The first kappa shape index (κ1) is 10.4. The van der Waals surface area contributed by atoms with Gasteiger partial charge in [0.15, 0.2) is 0 Å². The van der Waals surface area contributed by atoms with Crippen molar-refractivity contribution in [1.29, 1.82) is 0 Å². The molecule has 0 N–H and O–H groups in total. The van der Waals surface area contributed by atoms with Crippen LogP contribution in [0.4, 0.5) is 0 Å². The highest BCUT2D eigenvalue weighted by Gasteiger charge is 1.91. The summed E-state index contributed by atoms with van der Waals surface area (Å²) in [6, 6.07) is 0. The highest BCUT2D eigenvalue weighted by Crippen LogP contribution is 2.08. The van der Waals surface area contributed by atoms with Gasteiger partial charge in [0, 0.05) is 11.4 Å². The zero-order valence-electron chi connectivity index (χ0n) is 8.15. The molecule has 0 rings (SSSR count). The fourth-order valence-electron chi connectivity index (χ4n) is 0.910. The lowest BCUT2D eigenvalue weighted by molar-refractivity contribution is 0.780. The fraction of sp³-hybridized carbons (Fsp3) is 0.700. The van der Waals surface area contributed by atoms with Crippen LogP contribution >= 0.6 is 0 Å². The zero-order chi connectivity index (χ0) is 8.69. The zero-order valence-corrected chi connectivity index (χ0v) is 8.15. The smallest absolute Gasteiger partial charge is 0.0360 e. The van der Waals surface area contributed by atoms with E-state index in [1.807, 2.05) is 13.8 Å². The van der Waals surface area contributed by atoms with E-state index in [1.54, 1.807) is 0 Å². The van der Waals surface area contributed by atoms with E-state index in [0.29, 0.717) is 0 Å². The molecule has 0 aromatic carbocycles. The molecule has 0 fully saturated rings. The van der Waals surface area contributed by atoms with E-state index in [9.17, 15) is 0 Å². The van der Waals surface area contributed by atoms with Gasteiger partial charge in [0.2, 0.25) is 0 Å². The van der Waals surface area contributed by atoms with Crippen molar-refractivity contribution in [3.63, 3.8) is 0 Å². The van der Waals surface area contributed by atoms with E-state index >= 15 is 0 Å². The molecule has 0 bridgehead atoms. The SMILES string of the molecule is C/C=C(/CCCC)N=C(C)C. The number of aliphatic imine (C=N–C) groups is 1. The highest BCUT2D eigenvalue weighted by atomic mass is 14.7. The molecule has 0 aromatic heterocycles. The van der Waals surface area contributed by atoms with Gasteiger partial charge in [-0.2, -0.15) is 0 Å². The van der Waals surface area contributed by atoms with Crippen LogP contribution < -0.4 is 0 Å². The van der Waals surface area contributed by atoms with Crippen molar-refractivity contribution in [2.75, 3.05) is 0 Å². The third kappa shape index (κ3) is 5.84. The molecular formula is C10H19N. The molecule has 0 aliphatic rings. The van der Waals surface area contributed by atoms with Crippen LogP contribution in [-0.4, -0.2) is 5.71 Å². The Balaban J connectivity index is 3.89. The van der Waals surface area contributed by atoms with Crippen LogP contribution in [-0.2, 0) is 0 Å². The number of allylic oxidation sites excluding steroid dienone is 2. The number of hydrogen-bond acceptors (Lipinski definition) is 1. The molecule has 0 spiro atoms. The van der Waals surface area contributed by atoms with Gasteiger partial charge in [0.1, 0.15) is 0 Å². The first-order chi connectivity index (χ1) is 5.20. The van der Waals surface area contributed by atoms with Gasteiger partial charge in [-0.05, 0) is 33.6 Å². The summed E-state index contributed by atoms with van der Waals surface area (Å²) in [6.45, 7) is 8.33. The minimum atomic E-state index is 1.12. The van der Waals surface area contributed by atoms with Crippen LogP contribution in [0.5, 0.6) is 0 Å². The van der Waals surface area contributed by atoms with Crippen molar-refractivity contribution >= 4 is 5.71 Å². The molecule has 0 heterocycles. The van der Waals surface area contributed by atoms with Gasteiger partial charge in [-0.25, -0.2) is 0 Å². The van der Waals surface area contributed by atoms with Crippen LogP contribution in [0.25, 0.3) is 0 Å². The van der Waals surface area contributed by atoms with Gasteiger partial charge in [-0.3, -0.25) is 4.99 Å². The molecule has 0 saturated carbocycles. The van der Waals surface area contributed by atoms with Gasteiger partial charge in [0.25, 0.3) is 0 Å². The van der Waals surface area contributed by atoms with E-state index in [0.717, 1.165) is 12.1 Å². The van der Waals surface area contributed by atoms with Crippen LogP contribution in [0.1, 0.15) is 47.0 Å². The largest absolute Gasteiger partial charge is 0.263 e. The third-order valence-electron chi connectivity index (χ3n) is 1.49. The van der Waals surface area contributed by atoms with Crippen molar-refractivity contribution in [1.82, 2.24) is 0 Å². The minimum absolute atomic E-state index is 1.12. The summed E-state index contributed by atoms with van der Waals surface area (Å²) in [6.07, 6.45) is 5.72. The molecule has 1 heteroatoms. The number of rotatable bonds is 4. The fourth-order valence-corrected chi connectivity index (χ4v) is 0.910. The summed E-state index contributed by atoms with van der Waals surface area (Å²) in [5.41, 5.74) is 2.38. The molecule has 1 nitrogen and oxygen atoms in total. The summed E-state index contributed by atoms with van der Waals surface area (Å²) in [7, 11) is 0. The topological polar surface area (TPSA) is 12.4 Å². The molecule has 0 aliphatic carbocycles. The maximum atomic E-state index is 4.41. The van der Waals surface area contributed by atoms with Crippen molar-refractivity contribution in [3.05, 3.63) is 11.8 Å². The van der Waals surface area contributed by atoms with Crippen molar-refractivity contribution in [2.24, 2.45) is 4.99 Å². The molecule has 0 radical (unpaired) electrons. The molecule has 0 unspecified atom stereocenters. The summed E-state index contributed by atoms with van der Waals surface area (Å²) >= 11 is 0. The Kier molecular flexibility index (Phi) is 5.81. The number of hydrogen-bond donors (Lipinski definition) is 0. The first-order valence-electron chi connectivity index (χ1n) is 4.37. The molecule has 0 saturated heterocycles. The molecule has 0 aliphatic heterocycles. The molecule has 11 heavy (non-hydrogen) atoms. The Morgan fingerprint density at radius 2 is 2.00 bits per heavy atom. The second kappa shape index (κ2) is 6.14. The molecular weight excluding hydrogens is 134 g/mol. The van der Waals surface area contributed by atoms with Crippen LogP contribution in [0, 0.1) is 0 Å². The van der Waals surface area contributed by atoms with Crippen molar-refractivity contribution in [3.8, 4) is 0 Å². The molecule has 0 aromatic rings. The lowest BCUT2D eigenvalue weighted by atomic mass is 10.2. The predicted octanol–water partition coefficient (Wildman–Crippen LogP) is 3.56. The Morgan fingerprint density at radius 1 is 1.36 bits per heavy atom. The first-order valence-corrected chi connectivity index (χ1v) is 4.37. The van der Waals surface area contributed by atoms with Crippen LogP contribution in [0.3, 0.4) is 0 Å². The van der Waals surface area contributed by atoms with E-state index in [-0.39, 0.29) is 0 Å². The molecule has 0 atom stereocenters. The summed E-state index contributed by atoms with van der Waals surface area (Å²) in [5, 5.41) is 0. The Labute approximate surface area is 70.2 Å². The van der Waals surface area contributed by atoms with E-state index < -0.39 is 0 Å². The van der Waals surface area contributed by atoms with Gasteiger partial charge < -0.3 is 0 Å². The Hall–Kier alpha value is -0.590. The maximum Gasteiger partial charge on any atom is 0.0360 e. The second-order valence-electron chi connectivity index (χ2n) is 2.94. The standard InChI is InChI=1S/C10H19N/c1-5-7-8-10(6-2)11-9(3)4/h6H,5,7-8H2,1-4H3/b10-6-. The average Bonchev–Trinajstić information content (AvgIpc) is 1.97. The quantitative estimate of drug-likeness (QED) is 0.547. The van der Waals surface area contributed by atoms with Crippen molar-refractivity contribution in [2.45, 2.75) is 47.0 Å². The van der Waals surface area contributed by atoms with Crippen molar-refractivity contribution < 1.29 is 0 Å². The van der Waals surface area contributed by atoms with E-state index in [4.69, 9.17) is 0 Å². The Morgan fingerprint density at radius 3 is 2.36 bits per heavy atom. The predicted molar refractivity (Wildman–Crippen MR) is 52.1 cm³/mol. The van der Waals surface area contributed by atoms with Crippen LogP contribution in [0.2, 0.25) is 0 Å². The number of unbranched alkanes of at least 4 members (excludes halogenated alkanes) is 1.